The van der Waals surface area contributed by atoms with Crippen LogP contribution in [0.4, 0.5) is 5.69 Å². The van der Waals surface area contributed by atoms with Crippen LogP contribution >= 0.6 is 0 Å². The molecular weight excluding hydrogens is 394 g/mol. The first kappa shape index (κ1) is 21.7. The molecule has 0 amide bonds. The molecule has 160 valence electrons. The number of furan rings is 1. The zero-order chi connectivity index (χ0) is 22.2. The number of rotatable bonds is 10. The van der Waals surface area contributed by atoms with Gasteiger partial charge in [0.15, 0.2) is 5.78 Å². The Hall–Kier alpha value is -4.00. The van der Waals surface area contributed by atoms with Crippen LogP contribution in [0.3, 0.4) is 0 Å². The molecule has 3 rings (SSSR count). The van der Waals surface area contributed by atoms with Crippen molar-refractivity contribution in [2.24, 2.45) is 0 Å². The summed E-state index contributed by atoms with van der Waals surface area (Å²) in [5, 5.41) is 13.9. The largest absolute Gasteiger partial charge is 0.497 e. The van der Waals surface area contributed by atoms with Crippen molar-refractivity contribution in [2.75, 3.05) is 26.6 Å². The summed E-state index contributed by atoms with van der Waals surface area (Å²) in [5.74, 6) is 1.02. The molecule has 0 saturated carbocycles. The lowest BCUT2D eigenvalue weighted by Gasteiger charge is -2.20. The second-order valence-electron chi connectivity index (χ2n) is 6.69. The molecule has 0 aliphatic rings. The summed E-state index contributed by atoms with van der Waals surface area (Å²) in [5.41, 5.74) is 2.91. The first-order chi connectivity index (χ1) is 15.1. The average Bonchev–Trinajstić information content (AvgIpc) is 3.30. The van der Waals surface area contributed by atoms with E-state index in [1.165, 1.54) is 18.7 Å². The molecule has 0 saturated heterocycles. The van der Waals surface area contributed by atoms with Crippen LogP contribution in [-0.4, -0.2) is 33.3 Å². The van der Waals surface area contributed by atoms with Crippen molar-refractivity contribution in [3.8, 4) is 11.5 Å². The van der Waals surface area contributed by atoms with Crippen LogP contribution in [-0.2, 0) is 0 Å². The highest BCUT2D eigenvalue weighted by atomic mass is 16.5. The number of methoxy groups -OCH3 is 2. The van der Waals surface area contributed by atoms with Crippen molar-refractivity contribution < 1.29 is 18.7 Å². The van der Waals surface area contributed by atoms with Gasteiger partial charge in [-0.2, -0.15) is 0 Å². The molecule has 1 aromatic heterocycles. The minimum absolute atomic E-state index is 0.194. The second kappa shape index (κ2) is 10.2. The van der Waals surface area contributed by atoms with Crippen molar-refractivity contribution in [3.05, 3.63) is 83.9 Å². The minimum atomic E-state index is -0.698. The Balaban J connectivity index is 2.04. The van der Waals surface area contributed by atoms with Crippen LogP contribution in [0.5, 0.6) is 11.5 Å². The van der Waals surface area contributed by atoms with Gasteiger partial charge in [-0.3, -0.25) is 4.79 Å². The lowest BCUT2D eigenvalue weighted by atomic mass is 9.94. The maximum absolute atomic E-state index is 13.7. The summed E-state index contributed by atoms with van der Waals surface area (Å²) in [7, 11) is 4.88. The summed E-state index contributed by atoms with van der Waals surface area (Å²) in [6, 6.07) is 14.1. The molecule has 31 heavy (non-hydrogen) atoms. The SMILES string of the molecule is CN/C=C(\C=N)c1cocc1C(=O)C(Nc1cc(OC)cc(OC)c1)c1ccccc1. The molecule has 1 atom stereocenters. The topological polar surface area (TPSA) is 96.6 Å². The fourth-order valence-electron chi connectivity index (χ4n) is 3.22. The molecule has 1 unspecified atom stereocenters. The summed E-state index contributed by atoms with van der Waals surface area (Å²) >= 11 is 0. The molecule has 0 spiro atoms. The van der Waals surface area contributed by atoms with Crippen molar-refractivity contribution in [2.45, 2.75) is 6.04 Å². The van der Waals surface area contributed by atoms with Gasteiger partial charge in [-0.05, 0) is 5.56 Å². The molecule has 0 aliphatic carbocycles. The van der Waals surface area contributed by atoms with Gasteiger partial charge in [0.2, 0.25) is 0 Å². The number of carbonyl (C=O) groups excluding carboxylic acids is 1. The minimum Gasteiger partial charge on any atom is -0.497 e. The lowest BCUT2D eigenvalue weighted by Crippen LogP contribution is -2.22. The molecule has 1 heterocycles. The molecule has 7 heteroatoms. The Kier molecular flexibility index (Phi) is 7.11. The third-order valence-electron chi connectivity index (χ3n) is 4.75. The van der Waals surface area contributed by atoms with E-state index in [0.29, 0.717) is 33.9 Å². The summed E-state index contributed by atoms with van der Waals surface area (Å²) in [6.45, 7) is 0. The number of Topliss-reactive ketones (excluding diaryl/α,β-unsaturated/α-hetero) is 1. The first-order valence-corrected chi connectivity index (χ1v) is 9.64. The molecule has 3 aromatic rings. The van der Waals surface area contributed by atoms with E-state index in [4.69, 9.17) is 19.3 Å². The van der Waals surface area contributed by atoms with Gasteiger partial charge in [-0.1, -0.05) is 30.3 Å². The van der Waals surface area contributed by atoms with Crippen molar-refractivity contribution in [1.29, 1.82) is 5.41 Å². The molecule has 0 bridgehead atoms. The molecule has 3 N–H and O–H groups in total. The van der Waals surface area contributed by atoms with E-state index in [0.717, 1.165) is 5.56 Å². The van der Waals surface area contributed by atoms with Crippen LogP contribution in [0.15, 0.2) is 71.7 Å². The lowest BCUT2D eigenvalue weighted by molar-refractivity contribution is 0.0968. The van der Waals surface area contributed by atoms with Crippen LogP contribution < -0.4 is 20.1 Å². The average molecular weight is 419 g/mol. The molecule has 7 nitrogen and oxygen atoms in total. The van der Waals surface area contributed by atoms with Gasteiger partial charge in [-0.25, -0.2) is 0 Å². The van der Waals surface area contributed by atoms with E-state index in [9.17, 15) is 4.79 Å². The number of allylic oxidation sites excluding steroid dienone is 1. The van der Waals surface area contributed by atoms with Crippen LogP contribution in [0.2, 0.25) is 0 Å². The van der Waals surface area contributed by atoms with E-state index in [2.05, 4.69) is 10.6 Å². The van der Waals surface area contributed by atoms with Gasteiger partial charge in [0.25, 0.3) is 0 Å². The molecule has 0 radical (unpaired) electrons. The monoisotopic (exact) mass is 419 g/mol. The molecule has 0 fully saturated rings. The van der Waals surface area contributed by atoms with Gasteiger partial charge in [0.1, 0.15) is 23.8 Å². The number of ether oxygens (including phenoxy) is 2. The standard InChI is InChI=1S/C24H25N3O4/c1-26-13-17(12-25)21-14-31-15-22(21)24(28)23(16-7-5-4-6-8-16)27-18-9-19(29-2)11-20(10-18)30-3/h4-15,23,25-27H,1-3H3/b17-13+,25-12?. The number of hydrogen-bond donors (Lipinski definition) is 3. The maximum Gasteiger partial charge on any atom is 0.193 e. The van der Waals surface area contributed by atoms with Gasteiger partial charge in [0.05, 0.1) is 26.0 Å². The number of nitrogens with one attached hydrogen (secondary N) is 3. The van der Waals surface area contributed by atoms with Gasteiger partial charge in [0, 0.05) is 54.5 Å². The number of anilines is 1. The zero-order valence-electron chi connectivity index (χ0n) is 17.6. The maximum atomic E-state index is 13.7. The number of carbonyl (C=O) groups is 1. The Labute approximate surface area is 181 Å². The normalized spacial score (nSPS) is 12.0. The van der Waals surface area contributed by atoms with Crippen molar-refractivity contribution in [1.82, 2.24) is 5.32 Å². The Morgan fingerprint density at radius 3 is 2.26 bits per heavy atom. The highest BCUT2D eigenvalue weighted by Crippen LogP contribution is 2.31. The van der Waals surface area contributed by atoms with Crippen molar-refractivity contribution in [3.63, 3.8) is 0 Å². The summed E-state index contributed by atoms with van der Waals surface area (Å²) < 4.78 is 16.0. The predicted molar refractivity (Wildman–Crippen MR) is 121 cm³/mol. The van der Waals surface area contributed by atoms with E-state index >= 15 is 0 Å². The summed E-state index contributed by atoms with van der Waals surface area (Å²) in [6.07, 6.45) is 5.70. The third-order valence-corrected chi connectivity index (χ3v) is 4.75. The fourth-order valence-corrected chi connectivity index (χ4v) is 3.22. The third kappa shape index (κ3) is 4.95. The highest BCUT2D eigenvalue weighted by Gasteiger charge is 2.26. The number of hydrogen-bond acceptors (Lipinski definition) is 7. The van der Waals surface area contributed by atoms with Gasteiger partial charge < -0.3 is 29.9 Å². The van der Waals surface area contributed by atoms with E-state index in [-0.39, 0.29) is 5.78 Å². The van der Waals surface area contributed by atoms with Crippen LogP contribution in [0.25, 0.3) is 5.57 Å². The quantitative estimate of drug-likeness (QED) is 0.330. The molecule has 2 aromatic carbocycles. The zero-order valence-corrected chi connectivity index (χ0v) is 17.6. The predicted octanol–water partition coefficient (Wildman–Crippen LogP) is 4.54. The smallest absolute Gasteiger partial charge is 0.193 e. The Bertz CT molecular complexity index is 1050. The van der Waals surface area contributed by atoms with E-state index in [1.54, 1.807) is 45.7 Å². The van der Waals surface area contributed by atoms with Crippen LogP contribution in [0, 0.1) is 5.41 Å². The van der Waals surface area contributed by atoms with E-state index in [1.807, 2.05) is 30.3 Å². The van der Waals surface area contributed by atoms with Gasteiger partial charge in [-0.15, -0.1) is 0 Å². The highest BCUT2D eigenvalue weighted by molar-refractivity contribution is 6.14. The second-order valence-corrected chi connectivity index (χ2v) is 6.69. The van der Waals surface area contributed by atoms with Crippen molar-refractivity contribution >= 4 is 23.3 Å². The van der Waals surface area contributed by atoms with Crippen LogP contribution in [0.1, 0.15) is 27.5 Å². The summed E-state index contributed by atoms with van der Waals surface area (Å²) in [4.78, 5) is 13.7. The number of benzene rings is 2. The van der Waals surface area contributed by atoms with Gasteiger partial charge >= 0.3 is 0 Å². The first-order valence-electron chi connectivity index (χ1n) is 9.64. The Morgan fingerprint density at radius 2 is 1.68 bits per heavy atom. The fraction of sp³-hybridized carbons (Fsp3) is 0.167. The molecular formula is C24H25N3O4. The van der Waals surface area contributed by atoms with E-state index < -0.39 is 6.04 Å². The Morgan fingerprint density at radius 1 is 1.03 bits per heavy atom. The molecule has 0 aliphatic heterocycles. The number of ketones is 1.